The number of hydrogen-bond acceptors (Lipinski definition) is 4. The molecule has 1 N–H and O–H groups in total. The van der Waals surface area contributed by atoms with Crippen molar-refractivity contribution in [2.75, 3.05) is 5.32 Å². The number of rotatable bonds is 3. The highest BCUT2D eigenvalue weighted by molar-refractivity contribution is 7.07. The molecule has 0 aliphatic rings. The maximum Gasteiger partial charge on any atom is 0.230 e. The van der Waals surface area contributed by atoms with Crippen LogP contribution in [-0.4, -0.2) is 15.9 Å². The first-order valence-corrected chi connectivity index (χ1v) is 5.78. The second-order valence-corrected chi connectivity index (χ2v) is 4.11. The van der Waals surface area contributed by atoms with Gasteiger partial charge in [0, 0.05) is 23.0 Å². The summed E-state index contributed by atoms with van der Waals surface area (Å²) < 4.78 is 0. The molecule has 2 heterocycles. The van der Waals surface area contributed by atoms with Crippen molar-refractivity contribution in [2.45, 2.75) is 13.3 Å². The molecule has 2 aromatic rings. The zero-order valence-electron chi connectivity index (χ0n) is 8.80. The third-order valence-electron chi connectivity index (χ3n) is 2.01. The van der Waals surface area contributed by atoms with Gasteiger partial charge in [0.15, 0.2) is 0 Å². The summed E-state index contributed by atoms with van der Waals surface area (Å²) in [7, 11) is 0. The van der Waals surface area contributed by atoms with E-state index in [0.29, 0.717) is 6.42 Å². The van der Waals surface area contributed by atoms with Gasteiger partial charge in [0.25, 0.3) is 0 Å². The normalized spacial score (nSPS) is 10.1. The van der Waals surface area contributed by atoms with Crippen LogP contribution in [0, 0.1) is 6.92 Å². The van der Waals surface area contributed by atoms with Gasteiger partial charge in [-0.3, -0.25) is 9.78 Å². The summed E-state index contributed by atoms with van der Waals surface area (Å²) in [5.74, 6) is -0.0588. The van der Waals surface area contributed by atoms with Crippen LogP contribution in [0.25, 0.3) is 0 Å². The number of thiazole rings is 1. The summed E-state index contributed by atoms with van der Waals surface area (Å²) in [5, 5.41) is 4.68. The highest BCUT2D eigenvalue weighted by Gasteiger charge is 2.05. The van der Waals surface area contributed by atoms with E-state index >= 15 is 0 Å². The molecule has 0 fully saturated rings. The van der Waals surface area contributed by atoms with Crippen molar-refractivity contribution in [3.05, 3.63) is 40.6 Å². The van der Waals surface area contributed by atoms with E-state index in [1.165, 1.54) is 11.3 Å². The molecule has 0 saturated heterocycles. The number of amides is 1. The first-order valence-electron chi connectivity index (χ1n) is 4.83. The molecule has 0 unspecified atom stereocenters. The monoisotopic (exact) mass is 233 g/mol. The minimum Gasteiger partial charge on any atom is -0.326 e. The van der Waals surface area contributed by atoms with Gasteiger partial charge in [-0.2, -0.15) is 0 Å². The number of hydrogen-bond donors (Lipinski definition) is 1. The van der Waals surface area contributed by atoms with Crippen LogP contribution < -0.4 is 5.32 Å². The van der Waals surface area contributed by atoms with Gasteiger partial charge in [-0.05, 0) is 19.1 Å². The smallest absolute Gasteiger partial charge is 0.230 e. The van der Waals surface area contributed by atoms with Crippen molar-refractivity contribution in [3.63, 3.8) is 0 Å². The molecule has 2 rings (SSSR count). The lowest BCUT2D eigenvalue weighted by Gasteiger charge is -2.04. The Kier molecular flexibility index (Phi) is 3.26. The molecule has 0 aromatic carbocycles. The van der Waals surface area contributed by atoms with Crippen LogP contribution in [-0.2, 0) is 11.2 Å². The second kappa shape index (κ2) is 4.85. The van der Waals surface area contributed by atoms with Crippen LogP contribution >= 0.6 is 11.3 Å². The van der Waals surface area contributed by atoms with Crippen LogP contribution in [0.1, 0.15) is 11.4 Å². The summed E-state index contributed by atoms with van der Waals surface area (Å²) in [6.45, 7) is 1.89. The maximum atomic E-state index is 11.6. The van der Waals surface area contributed by atoms with E-state index in [-0.39, 0.29) is 5.91 Å². The minimum atomic E-state index is -0.0588. The lowest BCUT2D eigenvalue weighted by atomic mass is 10.3. The molecule has 16 heavy (non-hydrogen) atoms. The number of nitrogens with one attached hydrogen (secondary N) is 1. The van der Waals surface area contributed by atoms with E-state index < -0.39 is 0 Å². The van der Waals surface area contributed by atoms with Crippen molar-refractivity contribution in [2.24, 2.45) is 0 Å². The van der Waals surface area contributed by atoms with Gasteiger partial charge in [0.2, 0.25) is 5.91 Å². The average Bonchev–Trinajstić information content (AvgIpc) is 2.70. The van der Waals surface area contributed by atoms with Crippen LogP contribution in [0.3, 0.4) is 0 Å². The Balaban J connectivity index is 1.97. The fourth-order valence-corrected chi connectivity index (χ4v) is 1.88. The van der Waals surface area contributed by atoms with Gasteiger partial charge in [-0.1, -0.05) is 0 Å². The Labute approximate surface area is 97.4 Å². The van der Waals surface area contributed by atoms with E-state index in [2.05, 4.69) is 15.3 Å². The quantitative estimate of drug-likeness (QED) is 0.882. The van der Waals surface area contributed by atoms with Crippen molar-refractivity contribution in [3.8, 4) is 0 Å². The number of aromatic nitrogens is 2. The summed E-state index contributed by atoms with van der Waals surface area (Å²) in [4.78, 5) is 19.7. The highest BCUT2D eigenvalue weighted by atomic mass is 32.1. The Bertz CT molecular complexity index is 482. The largest absolute Gasteiger partial charge is 0.326 e. The topological polar surface area (TPSA) is 54.9 Å². The van der Waals surface area contributed by atoms with Crippen LogP contribution in [0.15, 0.2) is 29.2 Å². The minimum absolute atomic E-state index is 0.0588. The molecule has 2 aromatic heterocycles. The maximum absolute atomic E-state index is 11.6. The van der Waals surface area contributed by atoms with E-state index in [1.807, 2.05) is 18.4 Å². The zero-order chi connectivity index (χ0) is 11.4. The van der Waals surface area contributed by atoms with E-state index in [4.69, 9.17) is 0 Å². The first-order chi connectivity index (χ1) is 7.74. The predicted molar refractivity (Wildman–Crippen MR) is 63.4 cm³/mol. The number of pyridine rings is 1. The van der Waals surface area contributed by atoms with Crippen molar-refractivity contribution >= 4 is 22.9 Å². The van der Waals surface area contributed by atoms with Gasteiger partial charge in [-0.25, -0.2) is 4.98 Å². The number of carbonyl (C=O) groups is 1. The molecule has 0 saturated carbocycles. The molecule has 0 spiro atoms. The first kappa shape index (κ1) is 10.8. The number of anilines is 1. The fraction of sp³-hybridized carbons (Fsp3) is 0.182. The van der Waals surface area contributed by atoms with Gasteiger partial charge >= 0.3 is 0 Å². The Morgan fingerprint density at radius 3 is 3.06 bits per heavy atom. The third kappa shape index (κ3) is 2.87. The van der Waals surface area contributed by atoms with Crippen LogP contribution in [0.2, 0.25) is 0 Å². The molecule has 82 valence electrons. The lowest BCUT2D eigenvalue weighted by Crippen LogP contribution is -2.14. The molecule has 0 aliphatic carbocycles. The number of carbonyl (C=O) groups excluding carboxylic acids is 1. The molecule has 1 amide bonds. The molecular formula is C11H11N3OS. The van der Waals surface area contributed by atoms with Crippen LogP contribution in [0.5, 0.6) is 0 Å². The van der Waals surface area contributed by atoms with Gasteiger partial charge in [0.1, 0.15) is 0 Å². The summed E-state index contributed by atoms with van der Waals surface area (Å²) >= 11 is 1.49. The number of aryl methyl sites for hydroxylation is 1. The summed E-state index contributed by atoms with van der Waals surface area (Å²) in [5.41, 5.74) is 4.17. The molecule has 0 aliphatic heterocycles. The Hall–Kier alpha value is -1.75. The van der Waals surface area contributed by atoms with Gasteiger partial charge in [0.05, 0.1) is 17.6 Å². The summed E-state index contributed by atoms with van der Waals surface area (Å²) in [6.07, 6.45) is 1.98. The highest BCUT2D eigenvalue weighted by Crippen LogP contribution is 2.08. The van der Waals surface area contributed by atoms with Crippen molar-refractivity contribution < 1.29 is 4.79 Å². The summed E-state index contributed by atoms with van der Waals surface area (Å²) in [6, 6.07) is 3.60. The van der Waals surface area contributed by atoms with E-state index in [0.717, 1.165) is 17.1 Å². The molecule has 0 atom stereocenters. The molecule has 5 heteroatoms. The van der Waals surface area contributed by atoms with Crippen molar-refractivity contribution in [1.82, 2.24) is 9.97 Å². The Morgan fingerprint density at radius 2 is 2.38 bits per heavy atom. The van der Waals surface area contributed by atoms with E-state index in [1.54, 1.807) is 17.8 Å². The molecule has 4 nitrogen and oxygen atoms in total. The number of nitrogens with zero attached hydrogens (tertiary/aromatic N) is 2. The average molecular weight is 233 g/mol. The van der Waals surface area contributed by atoms with E-state index in [9.17, 15) is 4.79 Å². The zero-order valence-corrected chi connectivity index (χ0v) is 9.62. The Morgan fingerprint density at radius 1 is 1.50 bits per heavy atom. The fourth-order valence-electron chi connectivity index (χ4n) is 1.32. The lowest BCUT2D eigenvalue weighted by molar-refractivity contribution is -0.115. The molecular weight excluding hydrogens is 222 g/mol. The second-order valence-electron chi connectivity index (χ2n) is 3.39. The standard InChI is InChI=1S/C11H11N3OS/c1-8-4-9(2-3-12-8)14-11(15)5-10-6-16-7-13-10/h2-4,6-7H,5H2,1H3,(H,12,14,15). The van der Waals surface area contributed by atoms with Crippen molar-refractivity contribution in [1.29, 1.82) is 0 Å². The van der Waals surface area contributed by atoms with Gasteiger partial charge in [-0.15, -0.1) is 11.3 Å². The molecule has 0 radical (unpaired) electrons. The van der Waals surface area contributed by atoms with Crippen LogP contribution in [0.4, 0.5) is 5.69 Å². The third-order valence-corrected chi connectivity index (χ3v) is 2.64. The molecule has 0 bridgehead atoms. The van der Waals surface area contributed by atoms with Gasteiger partial charge < -0.3 is 5.32 Å². The predicted octanol–water partition coefficient (Wildman–Crippen LogP) is 2.03. The SMILES string of the molecule is Cc1cc(NC(=O)Cc2cscn2)ccn1.